The number of hydrogen-bond donors (Lipinski definition) is 1. The smallest absolute Gasteiger partial charge is 0.123 e. The predicted molar refractivity (Wildman–Crippen MR) is 83.0 cm³/mol. The van der Waals surface area contributed by atoms with Crippen molar-refractivity contribution in [3.8, 4) is 0 Å². The van der Waals surface area contributed by atoms with Crippen LogP contribution in [0.15, 0.2) is 12.1 Å². The summed E-state index contributed by atoms with van der Waals surface area (Å²) in [6.45, 7) is 9.87. The number of benzene rings is 1. The standard InChI is InChI=1S/C16H23FN2.ClH/c1-12-7-14(17)8-13-3-6-19(9-15(12)13)11-16(2)4-5-18-10-16;/h7-8,18H,3-6,9-11H2,1-2H3;1H. The first-order chi connectivity index (χ1) is 9.06. The lowest BCUT2D eigenvalue weighted by Gasteiger charge is -2.35. The molecule has 0 aliphatic carbocycles. The normalized spacial score (nSPS) is 26.1. The van der Waals surface area contributed by atoms with Gasteiger partial charge in [0.2, 0.25) is 0 Å². The van der Waals surface area contributed by atoms with Gasteiger partial charge in [0, 0.05) is 26.2 Å². The van der Waals surface area contributed by atoms with Crippen molar-refractivity contribution in [1.29, 1.82) is 0 Å². The van der Waals surface area contributed by atoms with Gasteiger partial charge in [0.15, 0.2) is 0 Å². The number of aryl methyl sites for hydroxylation is 1. The summed E-state index contributed by atoms with van der Waals surface area (Å²) < 4.78 is 13.4. The van der Waals surface area contributed by atoms with Gasteiger partial charge in [-0.05, 0) is 60.5 Å². The molecular weight excluding hydrogens is 275 g/mol. The monoisotopic (exact) mass is 298 g/mol. The fourth-order valence-corrected chi connectivity index (χ4v) is 3.55. The fourth-order valence-electron chi connectivity index (χ4n) is 3.55. The van der Waals surface area contributed by atoms with E-state index in [9.17, 15) is 4.39 Å². The lowest BCUT2D eigenvalue weighted by atomic mass is 9.87. The molecular formula is C16H24ClFN2. The first kappa shape index (κ1) is 15.7. The first-order valence-electron chi connectivity index (χ1n) is 7.27. The van der Waals surface area contributed by atoms with Gasteiger partial charge < -0.3 is 5.32 Å². The van der Waals surface area contributed by atoms with E-state index in [2.05, 4.69) is 17.1 Å². The second kappa shape index (κ2) is 6.00. The van der Waals surface area contributed by atoms with Crippen molar-refractivity contribution in [2.24, 2.45) is 5.41 Å². The van der Waals surface area contributed by atoms with Gasteiger partial charge in [0.05, 0.1) is 0 Å². The highest BCUT2D eigenvalue weighted by atomic mass is 35.5. The van der Waals surface area contributed by atoms with Crippen LogP contribution >= 0.6 is 12.4 Å². The van der Waals surface area contributed by atoms with Gasteiger partial charge in [0.25, 0.3) is 0 Å². The van der Waals surface area contributed by atoms with Crippen molar-refractivity contribution in [3.63, 3.8) is 0 Å². The van der Waals surface area contributed by atoms with Crippen LogP contribution in [0.1, 0.15) is 30.0 Å². The third-order valence-electron chi connectivity index (χ3n) is 4.67. The van der Waals surface area contributed by atoms with Crippen LogP contribution < -0.4 is 5.32 Å². The Balaban J connectivity index is 0.00000147. The molecule has 1 unspecified atom stereocenters. The van der Waals surface area contributed by atoms with Crippen LogP contribution in [0.25, 0.3) is 0 Å². The van der Waals surface area contributed by atoms with Crippen LogP contribution in [0, 0.1) is 18.2 Å². The van der Waals surface area contributed by atoms with Crippen LogP contribution in [0.4, 0.5) is 4.39 Å². The highest BCUT2D eigenvalue weighted by Crippen LogP contribution is 2.29. The van der Waals surface area contributed by atoms with Gasteiger partial charge in [-0.1, -0.05) is 6.92 Å². The van der Waals surface area contributed by atoms with Gasteiger partial charge >= 0.3 is 0 Å². The zero-order valence-corrected chi connectivity index (χ0v) is 13.2. The topological polar surface area (TPSA) is 15.3 Å². The molecule has 0 radical (unpaired) electrons. The summed E-state index contributed by atoms with van der Waals surface area (Å²) in [4.78, 5) is 2.54. The average molecular weight is 299 g/mol. The molecule has 112 valence electrons. The first-order valence-corrected chi connectivity index (χ1v) is 7.27. The Morgan fingerprint density at radius 3 is 2.90 bits per heavy atom. The molecule has 0 saturated carbocycles. The number of halogens is 2. The zero-order valence-electron chi connectivity index (χ0n) is 12.3. The largest absolute Gasteiger partial charge is 0.316 e. The minimum absolute atomic E-state index is 0. The number of nitrogens with one attached hydrogen (secondary N) is 1. The van der Waals surface area contributed by atoms with Crippen molar-refractivity contribution >= 4 is 12.4 Å². The average Bonchev–Trinajstić information content (AvgIpc) is 2.76. The quantitative estimate of drug-likeness (QED) is 0.903. The number of nitrogens with zero attached hydrogens (tertiary/aromatic N) is 1. The maximum atomic E-state index is 13.4. The van der Waals surface area contributed by atoms with Crippen LogP contribution in [-0.2, 0) is 13.0 Å². The molecule has 0 amide bonds. The van der Waals surface area contributed by atoms with Crippen LogP contribution in [0.5, 0.6) is 0 Å². The Hall–Kier alpha value is -0.640. The summed E-state index contributed by atoms with van der Waals surface area (Å²) in [6, 6.07) is 3.39. The molecule has 2 aliphatic rings. The van der Waals surface area contributed by atoms with E-state index in [1.807, 2.05) is 6.92 Å². The van der Waals surface area contributed by atoms with Gasteiger partial charge in [-0.2, -0.15) is 0 Å². The molecule has 1 fully saturated rings. The third-order valence-corrected chi connectivity index (χ3v) is 4.67. The van der Waals surface area contributed by atoms with Gasteiger partial charge in [-0.25, -0.2) is 4.39 Å². The Labute approximate surface area is 127 Å². The van der Waals surface area contributed by atoms with E-state index < -0.39 is 0 Å². The molecule has 1 atom stereocenters. The lowest BCUT2D eigenvalue weighted by Crippen LogP contribution is -2.40. The Bertz CT molecular complexity index is 484. The van der Waals surface area contributed by atoms with Crippen molar-refractivity contribution in [1.82, 2.24) is 10.2 Å². The molecule has 2 nitrogen and oxygen atoms in total. The molecule has 0 spiro atoms. The maximum absolute atomic E-state index is 13.4. The Morgan fingerprint density at radius 2 is 2.20 bits per heavy atom. The number of rotatable bonds is 2. The van der Waals surface area contributed by atoms with E-state index in [0.717, 1.165) is 44.7 Å². The van der Waals surface area contributed by atoms with Gasteiger partial charge in [0.1, 0.15) is 5.82 Å². The van der Waals surface area contributed by atoms with Gasteiger partial charge in [-0.15, -0.1) is 12.4 Å². The molecule has 4 heteroatoms. The van der Waals surface area contributed by atoms with E-state index in [4.69, 9.17) is 0 Å². The molecule has 2 aliphatic heterocycles. The Kier molecular flexibility index (Phi) is 4.73. The van der Waals surface area contributed by atoms with E-state index in [0.29, 0.717) is 5.41 Å². The highest BCUT2D eigenvalue weighted by Gasteiger charge is 2.32. The van der Waals surface area contributed by atoms with E-state index in [1.165, 1.54) is 17.5 Å². The summed E-state index contributed by atoms with van der Waals surface area (Å²) in [5.74, 6) is -0.0864. The summed E-state index contributed by atoms with van der Waals surface area (Å²) in [5, 5.41) is 3.46. The van der Waals surface area contributed by atoms with Gasteiger partial charge in [-0.3, -0.25) is 4.90 Å². The minimum Gasteiger partial charge on any atom is -0.316 e. The number of hydrogen-bond acceptors (Lipinski definition) is 2. The summed E-state index contributed by atoms with van der Waals surface area (Å²) in [7, 11) is 0. The summed E-state index contributed by atoms with van der Waals surface area (Å²) in [6.07, 6.45) is 2.25. The highest BCUT2D eigenvalue weighted by molar-refractivity contribution is 5.85. The van der Waals surface area contributed by atoms with Crippen molar-refractivity contribution in [2.45, 2.75) is 33.2 Å². The van der Waals surface area contributed by atoms with Crippen molar-refractivity contribution < 1.29 is 4.39 Å². The van der Waals surface area contributed by atoms with Crippen molar-refractivity contribution in [2.75, 3.05) is 26.2 Å². The maximum Gasteiger partial charge on any atom is 0.123 e. The van der Waals surface area contributed by atoms with Crippen LogP contribution in [-0.4, -0.2) is 31.1 Å². The third kappa shape index (κ3) is 3.16. The van der Waals surface area contributed by atoms with E-state index >= 15 is 0 Å². The fraction of sp³-hybridized carbons (Fsp3) is 0.625. The van der Waals surface area contributed by atoms with Crippen LogP contribution in [0.3, 0.4) is 0 Å². The summed E-state index contributed by atoms with van der Waals surface area (Å²) >= 11 is 0. The molecule has 1 aromatic rings. The minimum atomic E-state index is -0.0864. The predicted octanol–water partition coefficient (Wildman–Crippen LogP) is 2.91. The van der Waals surface area contributed by atoms with Crippen LogP contribution in [0.2, 0.25) is 0 Å². The SMILES string of the molecule is Cc1cc(F)cc2c1CN(CC1(C)CCNC1)CC2.Cl. The molecule has 1 saturated heterocycles. The number of fused-ring (bicyclic) bond motifs is 1. The van der Waals surface area contributed by atoms with Crippen molar-refractivity contribution in [3.05, 3.63) is 34.6 Å². The molecule has 1 N–H and O–H groups in total. The van der Waals surface area contributed by atoms with E-state index in [-0.39, 0.29) is 18.2 Å². The molecule has 2 heterocycles. The second-order valence-corrected chi connectivity index (χ2v) is 6.56. The molecule has 20 heavy (non-hydrogen) atoms. The molecule has 0 bridgehead atoms. The zero-order chi connectivity index (χ0) is 13.5. The molecule has 1 aromatic carbocycles. The van der Waals surface area contributed by atoms with E-state index in [1.54, 1.807) is 12.1 Å². The second-order valence-electron chi connectivity index (χ2n) is 6.56. The molecule has 0 aromatic heterocycles. The Morgan fingerprint density at radius 1 is 1.40 bits per heavy atom. The molecule has 3 rings (SSSR count). The summed E-state index contributed by atoms with van der Waals surface area (Å²) in [5.41, 5.74) is 4.07. The lowest BCUT2D eigenvalue weighted by molar-refractivity contribution is 0.164.